The van der Waals surface area contributed by atoms with Gasteiger partial charge < -0.3 is 9.84 Å². The molecule has 4 heteroatoms. The van der Waals surface area contributed by atoms with Gasteiger partial charge in [-0.3, -0.25) is 9.69 Å². The van der Waals surface area contributed by atoms with E-state index in [1.165, 1.54) is 0 Å². The lowest BCUT2D eigenvalue weighted by atomic mass is 10.0. The van der Waals surface area contributed by atoms with Crippen LogP contribution in [0.2, 0.25) is 0 Å². The summed E-state index contributed by atoms with van der Waals surface area (Å²) in [4.78, 5) is 13.1. The highest BCUT2D eigenvalue weighted by Crippen LogP contribution is 2.17. The van der Waals surface area contributed by atoms with Gasteiger partial charge in [0, 0.05) is 0 Å². The fourth-order valence-electron chi connectivity index (χ4n) is 1.40. The monoisotopic (exact) mass is 173 g/mol. The number of hydrogen-bond acceptors (Lipinski definition) is 4. The molecule has 0 aromatic heterocycles. The molecule has 1 heterocycles. The summed E-state index contributed by atoms with van der Waals surface area (Å²) in [7, 11) is 3.65. The molecule has 1 aliphatic heterocycles. The first kappa shape index (κ1) is 9.64. The van der Waals surface area contributed by atoms with E-state index in [0.29, 0.717) is 6.42 Å². The summed E-state index contributed by atoms with van der Waals surface area (Å²) in [5, 5.41) is 9.17. The average Bonchev–Trinajstić information content (AvgIpc) is 1.96. The van der Waals surface area contributed by atoms with Crippen molar-refractivity contribution in [2.75, 3.05) is 14.1 Å². The van der Waals surface area contributed by atoms with Crippen LogP contribution in [0.1, 0.15) is 13.3 Å². The van der Waals surface area contributed by atoms with Crippen LogP contribution in [0.15, 0.2) is 0 Å². The molecule has 0 amide bonds. The molecular formula is C8H15NO3. The zero-order chi connectivity index (χ0) is 9.30. The lowest BCUT2D eigenvalue weighted by Gasteiger charge is -2.33. The molecule has 0 spiro atoms. The van der Waals surface area contributed by atoms with Crippen molar-refractivity contribution in [1.82, 2.24) is 4.90 Å². The van der Waals surface area contributed by atoms with Crippen molar-refractivity contribution in [3.05, 3.63) is 0 Å². The molecule has 1 N–H and O–H groups in total. The molecule has 1 aliphatic rings. The van der Waals surface area contributed by atoms with Crippen molar-refractivity contribution in [2.24, 2.45) is 0 Å². The zero-order valence-electron chi connectivity index (χ0n) is 7.65. The second-order valence-corrected chi connectivity index (χ2v) is 3.42. The Hall–Kier alpha value is -0.450. The predicted molar refractivity (Wildman–Crippen MR) is 43.7 cm³/mol. The number of aliphatic hydroxyl groups excluding tert-OH is 1. The van der Waals surface area contributed by atoms with Crippen molar-refractivity contribution in [3.8, 4) is 0 Å². The number of rotatable bonds is 1. The number of likely N-dealkylation sites (N-methyl/N-ethyl adjacent to an activating group) is 1. The van der Waals surface area contributed by atoms with Crippen LogP contribution >= 0.6 is 0 Å². The highest BCUT2D eigenvalue weighted by molar-refractivity contribution is 5.87. The van der Waals surface area contributed by atoms with Crippen LogP contribution in [0.5, 0.6) is 0 Å². The number of hydrogen-bond donors (Lipinski definition) is 1. The first-order chi connectivity index (χ1) is 5.52. The Morgan fingerprint density at radius 1 is 1.58 bits per heavy atom. The third kappa shape index (κ3) is 1.83. The van der Waals surface area contributed by atoms with Crippen molar-refractivity contribution in [1.29, 1.82) is 0 Å². The van der Waals surface area contributed by atoms with Crippen molar-refractivity contribution >= 4 is 5.78 Å². The van der Waals surface area contributed by atoms with Crippen LogP contribution in [0.4, 0.5) is 0 Å². The van der Waals surface area contributed by atoms with Gasteiger partial charge in [-0.1, -0.05) is 0 Å². The predicted octanol–water partition coefficient (Wildman–Crippen LogP) is -0.387. The quantitative estimate of drug-likeness (QED) is 0.587. The molecule has 0 aromatic carbocycles. The summed E-state index contributed by atoms with van der Waals surface area (Å²) < 4.78 is 4.96. The Labute approximate surface area is 72.1 Å². The summed E-state index contributed by atoms with van der Waals surface area (Å²) in [6.07, 6.45) is -0.630. The second-order valence-electron chi connectivity index (χ2n) is 3.42. The summed E-state index contributed by atoms with van der Waals surface area (Å²) in [6, 6.07) is -0.205. The van der Waals surface area contributed by atoms with Gasteiger partial charge in [-0.15, -0.1) is 0 Å². The Balaban J connectivity index is 2.66. The van der Waals surface area contributed by atoms with Crippen LogP contribution in [0.25, 0.3) is 0 Å². The lowest BCUT2D eigenvalue weighted by Crippen LogP contribution is -2.50. The van der Waals surface area contributed by atoms with Gasteiger partial charge in [0.25, 0.3) is 0 Å². The van der Waals surface area contributed by atoms with Gasteiger partial charge >= 0.3 is 0 Å². The topological polar surface area (TPSA) is 49.8 Å². The molecule has 0 aromatic rings. The van der Waals surface area contributed by atoms with E-state index in [4.69, 9.17) is 9.84 Å². The molecule has 12 heavy (non-hydrogen) atoms. The molecule has 4 nitrogen and oxygen atoms in total. The van der Waals surface area contributed by atoms with E-state index in [-0.39, 0.29) is 17.9 Å². The first-order valence-corrected chi connectivity index (χ1v) is 4.06. The lowest BCUT2D eigenvalue weighted by molar-refractivity contribution is -0.185. The van der Waals surface area contributed by atoms with Gasteiger partial charge in [-0.05, 0) is 27.4 Å². The Bertz CT molecular complexity index is 181. The fraction of sp³-hybridized carbons (Fsp3) is 0.875. The number of Topliss-reactive ketones (excluding diaryl/α,β-unsaturated/α-hetero) is 1. The van der Waals surface area contributed by atoms with E-state index in [1.807, 2.05) is 25.9 Å². The smallest absolute Gasteiger partial charge is 0.217 e. The molecule has 0 radical (unpaired) electrons. The van der Waals surface area contributed by atoms with Crippen LogP contribution in [-0.2, 0) is 9.53 Å². The van der Waals surface area contributed by atoms with Gasteiger partial charge in [-0.25, -0.2) is 0 Å². The van der Waals surface area contributed by atoms with Crippen molar-refractivity contribution in [3.63, 3.8) is 0 Å². The summed E-state index contributed by atoms with van der Waals surface area (Å²) in [5.74, 6) is -0.238. The van der Waals surface area contributed by atoms with Crippen molar-refractivity contribution in [2.45, 2.75) is 31.8 Å². The maximum absolute atomic E-state index is 11.3. The normalized spacial score (nSPS) is 37.4. The SMILES string of the molecule is CC1C[C@H](N(C)C)C(=O)[C@H](O)O1. The van der Waals surface area contributed by atoms with Crippen molar-refractivity contribution < 1.29 is 14.6 Å². The first-order valence-electron chi connectivity index (χ1n) is 4.06. The highest BCUT2D eigenvalue weighted by atomic mass is 16.6. The number of carbonyl (C=O) groups is 1. The third-order valence-corrected chi connectivity index (χ3v) is 2.11. The largest absolute Gasteiger partial charge is 0.362 e. The van der Waals surface area contributed by atoms with Gasteiger partial charge in [0.1, 0.15) is 0 Å². The maximum atomic E-state index is 11.3. The molecule has 1 rings (SSSR count). The van der Waals surface area contributed by atoms with Gasteiger partial charge in [0.2, 0.25) is 12.1 Å². The number of carbonyl (C=O) groups excluding carboxylic acids is 1. The summed E-state index contributed by atoms with van der Waals surface area (Å²) in [5.41, 5.74) is 0. The van der Waals surface area contributed by atoms with Crippen LogP contribution in [-0.4, -0.2) is 48.3 Å². The molecule has 70 valence electrons. The molecule has 3 atom stereocenters. The minimum Gasteiger partial charge on any atom is -0.362 e. The van der Waals surface area contributed by atoms with E-state index in [2.05, 4.69) is 0 Å². The van der Waals surface area contributed by atoms with E-state index >= 15 is 0 Å². The Morgan fingerprint density at radius 2 is 2.17 bits per heavy atom. The number of ketones is 1. The van der Waals surface area contributed by atoms with Gasteiger partial charge in [0.05, 0.1) is 12.1 Å². The Kier molecular flexibility index (Phi) is 2.82. The summed E-state index contributed by atoms with van der Waals surface area (Å²) >= 11 is 0. The second kappa shape index (κ2) is 3.51. The highest BCUT2D eigenvalue weighted by Gasteiger charge is 2.35. The number of ether oxygens (including phenoxy) is 1. The molecule has 0 saturated carbocycles. The number of nitrogens with zero attached hydrogens (tertiary/aromatic N) is 1. The standard InChI is InChI=1S/C8H15NO3/c1-5-4-6(9(2)3)7(10)8(11)12-5/h5-6,8,11H,4H2,1-3H3/t5?,6-,8+/m0/s1. The minimum absolute atomic E-state index is 0.0508. The maximum Gasteiger partial charge on any atom is 0.217 e. The molecular weight excluding hydrogens is 158 g/mol. The van der Waals surface area contributed by atoms with Gasteiger partial charge in [-0.2, -0.15) is 0 Å². The van der Waals surface area contributed by atoms with E-state index in [1.54, 1.807) is 0 Å². The third-order valence-electron chi connectivity index (χ3n) is 2.11. The van der Waals surface area contributed by atoms with Crippen LogP contribution < -0.4 is 0 Å². The molecule has 1 saturated heterocycles. The Morgan fingerprint density at radius 3 is 2.67 bits per heavy atom. The number of aliphatic hydroxyl groups is 1. The van der Waals surface area contributed by atoms with E-state index in [9.17, 15) is 4.79 Å². The van der Waals surface area contributed by atoms with Gasteiger partial charge in [0.15, 0.2) is 0 Å². The van der Waals surface area contributed by atoms with E-state index < -0.39 is 6.29 Å². The van der Waals surface area contributed by atoms with Crippen LogP contribution in [0.3, 0.4) is 0 Å². The zero-order valence-corrected chi connectivity index (χ0v) is 7.65. The summed E-state index contributed by atoms with van der Waals surface area (Å²) in [6.45, 7) is 1.85. The average molecular weight is 173 g/mol. The minimum atomic E-state index is -1.24. The fourth-order valence-corrected chi connectivity index (χ4v) is 1.40. The van der Waals surface area contributed by atoms with Crippen LogP contribution in [0, 0.1) is 0 Å². The van der Waals surface area contributed by atoms with E-state index in [0.717, 1.165) is 0 Å². The molecule has 0 aliphatic carbocycles. The molecule has 0 bridgehead atoms. The molecule has 1 fully saturated rings. The molecule has 1 unspecified atom stereocenters.